The molecule has 8 aromatic carbocycles. The number of nitrogens with one attached hydrogen (secondary N) is 1. The van der Waals surface area contributed by atoms with Gasteiger partial charge >= 0.3 is 0 Å². The summed E-state index contributed by atoms with van der Waals surface area (Å²) < 4.78 is 2.39. The summed E-state index contributed by atoms with van der Waals surface area (Å²) in [5.41, 5.74) is 28.4. The normalized spacial score (nSPS) is 14.1. The number of aromatic nitrogens is 3. The molecule has 72 heavy (non-hydrogen) atoms. The van der Waals surface area contributed by atoms with E-state index in [2.05, 4.69) is 215 Å². The van der Waals surface area contributed by atoms with Crippen LogP contribution in [0.3, 0.4) is 0 Å². The highest BCUT2D eigenvalue weighted by Crippen LogP contribution is 2.52. The number of rotatable bonds is 4. The van der Waals surface area contributed by atoms with Crippen molar-refractivity contribution >= 4 is 43.6 Å². The van der Waals surface area contributed by atoms with Gasteiger partial charge in [-0.1, -0.05) is 151 Å². The van der Waals surface area contributed by atoms with Crippen LogP contribution in [0.1, 0.15) is 87.4 Å². The number of hydrogen-bond acceptors (Lipinski definition) is 1. The standard InChI is InChI=1S/C62H47N3.C5H8.C2H6/c1-35-24-25-63-60(26-35)65-58-23-19-39(37-17-21-55-47(28-37)43-11-7-9-13-53(43)62(55,4)5)30-50(58)51-32-41-15-14-40-31-49-48-29-38(18-22-56(48)64-57(49)33-44(40)45(41)34-59(51)65)36-16-20-54-46(27-36)42-10-6-8-12-52(42)61(54,2)3;1-4-5(2)3;1-2/h6-13,16-34,64H,14-15H2,1-5H3;4H,1-2H2,3H3;1-2H3. The minimum absolute atomic E-state index is 0.00121. The Kier molecular flexibility index (Phi) is 10.5. The van der Waals surface area contributed by atoms with Gasteiger partial charge in [0.1, 0.15) is 5.82 Å². The van der Waals surface area contributed by atoms with Crippen molar-refractivity contribution in [2.24, 2.45) is 0 Å². The molecule has 3 heteroatoms. The molecule has 0 saturated heterocycles. The minimum atomic E-state index is -0.0150. The van der Waals surface area contributed by atoms with Gasteiger partial charge in [-0.15, -0.1) is 0 Å². The van der Waals surface area contributed by atoms with E-state index in [1.165, 1.54) is 138 Å². The fourth-order valence-corrected chi connectivity index (χ4v) is 12.3. The Morgan fingerprint density at radius 3 is 1.60 bits per heavy atom. The summed E-state index contributed by atoms with van der Waals surface area (Å²) in [7, 11) is 0. The number of H-pyrrole nitrogens is 1. The largest absolute Gasteiger partial charge is 0.354 e. The number of aryl methyl sites for hydroxylation is 3. The van der Waals surface area contributed by atoms with Crippen molar-refractivity contribution in [1.29, 1.82) is 0 Å². The molecule has 3 heterocycles. The van der Waals surface area contributed by atoms with Gasteiger partial charge in [0.05, 0.1) is 11.0 Å². The van der Waals surface area contributed by atoms with Crippen LogP contribution < -0.4 is 0 Å². The molecule has 0 bridgehead atoms. The lowest BCUT2D eigenvalue weighted by Gasteiger charge is -2.21. The average Bonchev–Trinajstić information content (AvgIpc) is 4.07. The molecule has 0 amide bonds. The lowest BCUT2D eigenvalue weighted by molar-refractivity contribution is 0.660. The van der Waals surface area contributed by atoms with Gasteiger partial charge in [-0.25, -0.2) is 4.98 Å². The molecule has 0 saturated carbocycles. The average molecular weight is 932 g/mol. The van der Waals surface area contributed by atoms with E-state index in [0.29, 0.717) is 0 Å². The number of hydrogen-bond donors (Lipinski definition) is 1. The highest BCUT2D eigenvalue weighted by molar-refractivity contribution is 6.13. The maximum Gasteiger partial charge on any atom is 0.137 e. The lowest BCUT2D eigenvalue weighted by atomic mass is 9.82. The van der Waals surface area contributed by atoms with Crippen LogP contribution in [0.25, 0.3) is 105 Å². The molecule has 0 spiro atoms. The Bertz CT molecular complexity index is 4070. The third kappa shape index (κ3) is 6.89. The molecular formula is C69H61N3. The van der Waals surface area contributed by atoms with Crippen molar-refractivity contribution in [2.45, 2.75) is 79.1 Å². The zero-order valence-corrected chi connectivity index (χ0v) is 42.9. The van der Waals surface area contributed by atoms with E-state index in [-0.39, 0.29) is 10.8 Å². The third-order valence-electron chi connectivity index (χ3n) is 16.1. The van der Waals surface area contributed by atoms with Crippen LogP contribution in [0.15, 0.2) is 189 Å². The summed E-state index contributed by atoms with van der Waals surface area (Å²) in [6.45, 7) is 24.5. The first-order chi connectivity index (χ1) is 34.9. The summed E-state index contributed by atoms with van der Waals surface area (Å²) in [6, 6.07) is 60.2. The Morgan fingerprint density at radius 2 is 1.00 bits per heavy atom. The fraction of sp³-hybridized carbons (Fsp3) is 0.174. The van der Waals surface area contributed by atoms with Crippen LogP contribution >= 0.6 is 0 Å². The van der Waals surface area contributed by atoms with Crippen molar-refractivity contribution in [2.75, 3.05) is 0 Å². The molecule has 352 valence electrons. The number of nitrogens with zero attached hydrogens (tertiary/aromatic N) is 2. The van der Waals surface area contributed by atoms with Crippen LogP contribution in [0.2, 0.25) is 0 Å². The molecule has 3 aromatic heterocycles. The predicted molar refractivity (Wildman–Crippen MR) is 308 cm³/mol. The van der Waals surface area contributed by atoms with E-state index in [9.17, 15) is 0 Å². The van der Waals surface area contributed by atoms with E-state index in [1.54, 1.807) is 6.08 Å². The van der Waals surface area contributed by atoms with E-state index in [0.717, 1.165) is 24.2 Å². The zero-order valence-electron chi connectivity index (χ0n) is 42.9. The molecule has 0 fully saturated rings. The smallest absolute Gasteiger partial charge is 0.137 e. The molecule has 3 aliphatic rings. The lowest BCUT2D eigenvalue weighted by Crippen LogP contribution is -2.14. The molecule has 0 unspecified atom stereocenters. The molecule has 1 N–H and O–H groups in total. The van der Waals surface area contributed by atoms with E-state index >= 15 is 0 Å². The van der Waals surface area contributed by atoms with Crippen molar-refractivity contribution in [3.8, 4) is 61.5 Å². The number of aromatic amines is 1. The second-order valence-corrected chi connectivity index (χ2v) is 21.1. The SMILES string of the molecule is C=CC(=C)C.CC.Cc1ccnc(-n2c3ccc(-c4ccc5c(c4)-c4ccccc4C5(C)C)cc3c3cc4c(cc32)-c2cc3[nH]c5ccc(-c6ccc7c(c6)-c6ccccc6C7(C)C)cc5c3cc2CC4)c1. The Morgan fingerprint density at radius 1 is 0.514 bits per heavy atom. The van der Waals surface area contributed by atoms with Gasteiger partial charge in [0.25, 0.3) is 0 Å². The van der Waals surface area contributed by atoms with Crippen LogP contribution in [-0.4, -0.2) is 14.5 Å². The van der Waals surface area contributed by atoms with Crippen molar-refractivity contribution < 1.29 is 0 Å². The highest BCUT2D eigenvalue weighted by atomic mass is 15.1. The summed E-state index contributed by atoms with van der Waals surface area (Å²) in [6.07, 6.45) is 5.67. The first-order valence-electron chi connectivity index (χ1n) is 25.8. The molecule has 14 rings (SSSR count). The van der Waals surface area contributed by atoms with Gasteiger partial charge in [0.2, 0.25) is 0 Å². The van der Waals surface area contributed by atoms with E-state index < -0.39 is 0 Å². The molecule has 0 radical (unpaired) electrons. The topological polar surface area (TPSA) is 33.6 Å². The number of allylic oxidation sites excluding steroid dienone is 2. The van der Waals surface area contributed by atoms with Crippen LogP contribution in [0, 0.1) is 6.92 Å². The first kappa shape index (κ1) is 45.1. The molecular weight excluding hydrogens is 871 g/mol. The monoisotopic (exact) mass is 931 g/mol. The second kappa shape index (κ2) is 16.8. The fourth-order valence-electron chi connectivity index (χ4n) is 12.3. The summed E-state index contributed by atoms with van der Waals surface area (Å²) in [5.74, 6) is 0.947. The number of benzene rings is 8. The van der Waals surface area contributed by atoms with Gasteiger partial charge in [-0.2, -0.15) is 0 Å². The van der Waals surface area contributed by atoms with Crippen molar-refractivity contribution in [1.82, 2.24) is 14.5 Å². The predicted octanol–water partition coefficient (Wildman–Crippen LogP) is 18.6. The van der Waals surface area contributed by atoms with Crippen molar-refractivity contribution in [3.05, 3.63) is 228 Å². The minimum Gasteiger partial charge on any atom is -0.354 e. The Balaban J connectivity index is 0.000000716. The van der Waals surface area contributed by atoms with Gasteiger partial charge in [-0.05, 0) is 194 Å². The zero-order chi connectivity index (χ0) is 49.8. The molecule has 3 aliphatic carbocycles. The van der Waals surface area contributed by atoms with Crippen LogP contribution in [-0.2, 0) is 23.7 Å². The van der Waals surface area contributed by atoms with Gasteiger partial charge in [0, 0.05) is 49.6 Å². The van der Waals surface area contributed by atoms with E-state index in [1.807, 2.05) is 27.0 Å². The summed E-state index contributed by atoms with van der Waals surface area (Å²) in [5, 5.41) is 5.11. The van der Waals surface area contributed by atoms with Crippen molar-refractivity contribution in [3.63, 3.8) is 0 Å². The maximum atomic E-state index is 4.98. The van der Waals surface area contributed by atoms with Gasteiger partial charge < -0.3 is 4.98 Å². The molecule has 11 aromatic rings. The summed E-state index contributed by atoms with van der Waals surface area (Å²) >= 11 is 0. The summed E-state index contributed by atoms with van der Waals surface area (Å²) in [4.78, 5) is 8.82. The Labute approximate surface area is 424 Å². The second-order valence-electron chi connectivity index (χ2n) is 21.1. The van der Waals surface area contributed by atoms with Gasteiger partial charge in [0.15, 0.2) is 0 Å². The number of fused-ring (bicyclic) bond motifs is 15. The first-order valence-corrected chi connectivity index (χ1v) is 25.8. The Hall–Kier alpha value is -8.01. The van der Waals surface area contributed by atoms with Gasteiger partial charge in [-0.3, -0.25) is 4.57 Å². The quantitative estimate of drug-likeness (QED) is 0.175. The van der Waals surface area contributed by atoms with Crippen LogP contribution in [0.5, 0.6) is 0 Å². The molecule has 0 aliphatic heterocycles. The third-order valence-corrected chi connectivity index (χ3v) is 16.1. The molecule has 0 atom stereocenters. The molecule has 3 nitrogen and oxygen atoms in total. The van der Waals surface area contributed by atoms with Crippen LogP contribution in [0.4, 0.5) is 0 Å². The maximum absolute atomic E-state index is 4.98. The number of pyridine rings is 1. The van der Waals surface area contributed by atoms with E-state index in [4.69, 9.17) is 4.98 Å². The highest BCUT2D eigenvalue weighted by Gasteiger charge is 2.36.